The van der Waals surface area contributed by atoms with Crippen molar-refractivity contribution < 1.29 is 4.74 Å². The molecule has 1 aromatic carbocycles. The van der Waals surface area contributed by atoms with Gasteiger partial charge in [-0.15, -0.1) is 0 Å². The first-order chi connectivity index (χ1) is 9.77. The molecule has 1 aliphatic rings. The molecule has 0 aromatic heterocycles. The third-order valence-corrected chi connectivity index (χ3v) is 4.27. The predicted molar refractivity (Wildman–Crippen MR) is 84.2 cm³/mol. The zero-order valence-corrected chi connectivity index (χ0v) is 13.1. The largest absolute Gasteiger partial charge is 0.494 e. The Kier molecular flexibility index (Phi) is 5.86. The highest BCUT2D eigenvalue weighted by atomic mass is 16.5. The van der Waals surface area contributed by atoms with Crippen LogP contribution in [0.1, 0.15) is 38.8 Å². The number of hydrogen-bond acceptors (Lipinski definition) is 3. The minimum atomic E-state index is 0.463. The van der Waals surface area contributed by atoms with Gasteiger partial charge < -0.3 is 10.1 Å². The molecule has 1 unspecified atom stereocenters. The summed E-state index contributed by atoms with van der Waals surface area (Å²) in [4.78, 5) is 2.61. The maximum Gasteiger partial charge on any atom is 0.124 e. The second-order valence-electron chi connectivity index (χ2n) is 5.59. The van der Waals surface area contributed by atoms with E-state index in [1.807, 2.05) is 0 Å². The normalized spacial score (nSPS) is 19.6. The predicted octanol–water partition coefficient (Wildman–Crippen LogP) is 3.08. The lowest BCUT2D eigenvalue weighted by Crippen LogP contribution is -2.46. The Hall–Kier alpha value is -1.06. The van der Waals surface area contributed by atoms with Crippen LogP contribution in [0.3, 0.4) is 0 Å². The van der Waals surface area contributed by atoms with Gasteiger partial charge in [0.1, 0.15) is 5.75 Å². The van der Waals surface area contributed by atoms with Crippen molar-refractivity contribution in [3.63, 3.8) is 0 Å². The van der Waals surface area contributed by atoms with Crippen molar-refractivity contribution in [1.29, 1.82) is 0 Å². The maximum absolute atomic E-state index is 5.86. The van der Waals surface area contributed by atoms with Gasteiger partial charge in [-0.25, -0.2) is 0 Å². The van der Waals surface area contributed by atoms with E-state index in [0.717, 1.165) is 38.5 Å². The number of nitrogens with zero attached hydrogens (tertiary/aromatic N) is 1. The summed E-state index contributed by atoms with van der Waals surface area (Å²) in [5.74, 6) is 1.69. The Morgan fingerprint density at radius 1 is 1.20 bits per heavy atom. The van der Waals surface area contributed by atoms with Gasteiger partial charge in [0, 0.05) is 37.8 Å². The highest BCUT2D eigenvalue weighted by molar-refractivity contribution is 5.36. The van der Waals surface area contributed by atoms with E-state index in [4.69, 9.17) is 4.74 Å². The van der Waals surface area contributed by atoms with Crippen molar-refractivity contribution in [2.75, 3.05) is 32.8 Å². The van der Waals surface area contributed by atoms with Crippen LogP contribution in [0.5, 0.6) is 5.75 Å². The molecule has 0 saturated carbocycles. The van der Waals surface area contributed by atoms with Gasteiger partial charge >= 0.3 is 0 Å². The molecule has 0 radical (unpaired) electrons. The summed E-state index contributed by atoms with van der Waals surface area (Å²) >= 11 is 0. The average Bonchev–Trinajstić information content (AvgIpc) is 2.50. The molecule has 1 heterocycles. The number of nitrogens with one attached hydrogen (secondary N) is 1. The van der Waals surface area contributed by atoms with Crippen molar-refractivity contribution in [1.82, 2.24) is 10.2 Å². The summed E-state index contributed by atoms with van der Waals surface area (Å²) in [5, 5.41) is 3.44. The van der Waals surface area contributed by atoms with E-state index in [9.17, 15) is 0 Å². The van der Waals surface area contributed by atoms with E-state index in [2.05, 4.69) is 55.3 Å². The fourth-order valence-corrected chi connectivity index (χ4v) is 3.06. The van der Waals surface area contributed by atoms with Crippen LogP contribution in [-0.2, 0) is 0 Å². The van der Waals surface area contributed by atoms with E-state index >= 15 is 0 Å². The molecule has 2 rings (SSSR count). The second kappa shape index (κ2) is 7.65. The Morgan fingerprint density at radius 2 is 1.90 bits per heavy atom. The van der Waals surface area contributed by atoms with Gasteiger partial charge in [-0.2, -0.15) is 0 Å². The van der Waals surface area contributed by atoms with Crippen LogP contribution in [-0.4, -0.2) is 37.7 Å². The molecule has 1 N–H and O–H groups in total. The first kappa shape index (κ1) is 15.3. The summed E-state index contributed by atoms with van der Waals surface area (Å²) in [7, 11) is 0. The quantitative estimate of drug-likeness (QED) is 0.864. The van der Waals surface area contributed by atoms with Crippen molar-refractivity contribution >= 4 is 0 Å². The van der Waals surface area contributed by atoms with E-state index in [-0.39, 0.29) is 0 Å². The lowest BCUT2D eigenvalue weighted by atomic mass is 9.90. The molecule has 3 heteroatoms. The minimum absolute atomic E-state index is 0.463. The Morgan fingerprint density at radius 3 is 2.55 bits per heavy atom. The molecular formula is C17H28N2O. The van der Waals surface area contributed by atoms with Gasteiger partial charge in [0.25, 0.3) is 0 Å². The minimum Gasteiger partial charge on any atom is -0.494 e. The Labute approximate surface area is 123 Å². The van der Waals surface area contributed by atoms with Gasteiger partial charge in [0.2, 0.25) is 0 Å². The van der Waals surface area contributed by atoms with Crippen molar-refractivity contribution in [3.05, 3.63) is 29.8 Å². The number of benzene rings is 1. The SMILES string of the molecule is CCOc1ccccc1[C@@H](C(C)CC)N1CCNCC1. The van der Waals surface area contributed by atoms with E-state index in [1.54, 1.807) is 0 Å². The molecule has 0 amide bonds. The van der Waals surface area contributed by atoms with Crippen LogP contribution < -0.4 is 10.1 Å². The first-order valence-electron chi connectivity index (χ1n) is 7.94. The molecule has 2 atom stereocenters. The number of rotatable bonds is 6. The topological polar surface area (TPSA) is 24.5 Å². The molecule has 1 aromatic rings. The van der Waals surface area contributed by atoms with Crippen molar-refractivity contribution in [2.45, 2.75) is 33.2 Å². The summed E-state index contributed by atoms with van der Waals surface area (Å²) in [6.07, 6.45) is 1.19. The maximum atomic E-state index is 5.86. The van der Waals surface area contributed by atoms with Gasteiger partial charge in [-0.05, 0) is 18.9 Å². The van der Waals surface area contributed by atoms with Crippen molar-refractivity contribution in [2.24, 2.45) is 5.92 Å². The Bertz CT molecular complexity index is 402. The number of hydrogen-bond donors (Lipinski definition) is 1. The molecule has 0 aliphatic carbocycles. The highest BCUT2D eigenvalue weighted by Gasteiger charge is 2.28. The molecular weight excluding hydrogens is 248 g/mol. The molecule has 3 nitrogen and oxygen atoms in total. The standard InChI is InChI=1S/C17H28N2O/c1-4-14(3)17(19-12-10-18-11-13-19)15-8-6-7-9-16(15)20-5-2/h6-9,14,17-18H,4-5,10-13H2,1-3H3/t14?,17-/m1/s1. The number of ether oxygens (including phenoxy) is 1. The average molecular weight is 276 g/mol. The molecule has 0 spiro atoms. The first-order valence-corrected chi connectivity index (χ1v) is 7.94. The molecule has 1 aliphatic heterocycles. The lowest BCUT2D eigenvalue weighted by molar-refractivity contribution is 0.125. The van der Waals surface area contributed by atoms with Gasteiger partial charge in [-0.3, -0.25) is 4.90 Å². The molecule has 1 saturated heterocycles. The second-order valence-corrected chi connectivity index (χ2v) is 5.59. The Balaban J connectivity index is 2.30. The fraction of sp³-hybridized carbons (Fsp3) is 0.647. The third kappa shape index (κ3) is 3.53. The zero-order chi connectivity index (χ0) is 14.4. The van der Waals surface area contributed by atoms with Crippen LogP contribution in [0.15, 0.2) is 24.3 Å². The number of piperazine rings is 1. The third-order valence-electron chi connectivity index (χ3n) is 4.27. The van der Waals surface area contributed by atoms with Crippen LogP contribution in [0, 0.1) is 5.92 Å². The van der Waals surface area contributed by atoms with Gasteiger partial charge in [0.05, 0.1) is 6.61 Å². The van der Waals surface area contributed by atoms with E-state index in [0.29, 0.717) is 12.0 Å². The smallest absolute Gasteiger partial charge is 0.124 e. The monoisotopic (exact) mass is 276 g/mol. The fourth-order valence-electron chi connectivity index (χ4n) is 3.06. The summed E-state index contributed by atoms with van der Waals surface area (Å²) in [6.45, 7) is 11.8. The molecule has 0 bridgehead atoms. The summed E-state index contributed by atoms with van der Waals surface area (Å²) in [5.41, 5.74) is 1.35. The van der Waals surface area contributed by atoms with E-state index in [1.165, 1.54) is 12.0 Å². The van der Waals surface area contributed by atoms with Gasteiger partial charge in [-0.1, -0.05) is 38.5 Å². The lowest BCUT2D eigenvalue weighted by Gasteiger charge is -2.39. The van der Waals surface area contributed by atoms with Crippen LogP contribution in [0.4, 0.5) is 0 Å². The van der Waals surface area contributed by atoms with Crippen LogP contribution >= 0.6 is 0 Å². The molecule has 1 fully saturated rings. The van der Waals surface area contributed by atoms with Gasteiger partial charge in [0.15, 0.2) is 0 Å². The zero-order valence-electron chi connectivity index (χ0n) is 13.1. The van der Waals surface area contributed by atoms with Crippen LogP contribution in [0.2, 0.25) is 0 Å². The summed E-state index contributed by atoms with van der Waals surface area (Å²) in [6, 6.07) is 9.01. The molecule has 112 valence electrons. The molecule has 20 heavy (non-hydrogen) atoms. The van der Waals surface area contributed by atoms with Crippen LogP contribution in [0.25, 0.3) is 0 Å². The van der Waals surface area contributed by atoms with Crippen molar-refractivity contribution in [3.8, 4) is 5.75 Å². The summed E-state index contributed by atoms with van der Waals surface area (Å²) < 4.78 is 5.86. The highest BCUT2D eigenvalue weighted by Crippen LogP contribution is 2.36. The number of para-hydroxylation sites is 1. The van der Waals surface area contributed by atoms with E-state index < -0.39 is 0 Å².